The van der Waals surface area contributed by atoms with E-state index in [2.05, 4.69) is 64.2 Å². The van der Waals surface area contributed by atoms with Crippen molar-refractivity contribution in [2.75, 3.05) is 6.54 Å². The molecule has 0 unspecified atom stereocenters. The average molecular weight is 249 g/mol. The summed E-state index contributed by atoms with van der Waals surface area (Å²) in [5.41, 5.74) is 1.31. The maximum Gasteiger partial charge on any atom is 0.119 e. The van der Waals surface area contributed by atoms with Crippen LogP contribution in [0.4, 0.5) is 0 Å². The van der Waals surface area contributed by atoms with Gasteiger partial charge in [-0.05, 0) is 50.4 Å². The van der Waals surface area contributed by atoms with Crippen molar-refractivity contribution in [2.45, 2.75) is 53.2 Å². The van der Waals surface area contributed by atoms with Gasteiger partial charge in [0.25, 0.3) is 0 Å². The summed E-state index contributed by atoms with van der Waals surface area (Å²) >= 11 is 0. The van der Waals surface area contributed by atoms with Crippen LogP contribution in [0.2, 0.25) is 0 Å². The zero-order chi connectivity index (χ0) is 13.5. The van der Waals surface area contributed by atoms with Crippen LogP contribution in [0.25, 0.3) is 0 Å². The highest BCUT2D eigenvalue weighted by Gasteiger charge is 2.06. The highest BCUT2D eigenvalue weighted by molar-refractivity contribution is 5.29. The van der Waals surface area contributed by atoms with Crippen molar-refractivity contribution in [3.05, 3.63) is 29.8 Å². The minimum Gasteiger partial charge on any atom is -0.491 e. The molecule has 0 spiro atoms. The predicted molar refractivity (Wildman–Crippen MR) is 78.1 cm³/mol. The largest absolute Gasteiger partial charge is 0.491 e. The van der Waals surface area contributed by atoms with E-state index in [-0.39, 0.29) is 6.10 Å². The third-order valence-corrected chi connectivity index (χ3v) is 3.12. The van der Waals surface area contributed by atoms with Crippen LogP contribution in [-0.4, -0.2) is 12.6 Å². The van der Waals surface area contributed by atoms with E-state index in [1.807, 2.05) is 0 Å². The third-order valence-electron chi connectivity index (χ3n) is 3.12. The summed E-state index contributed by atoms with van der Waals surface area (Å²) < 4.78 is 5.78. The fourth-order valence-electron chi connectivity index (χ4n) is 1.68. The number of rotatable bonds is 7. The van der Waals surface area contributed by atoms with Crippen molar-refractivity contribution in [1.82, 2.24) is 5.32 Å². The molecular formula is C16H27NO. The van der Waals surface area contributed by atoms with Gasteiger partial charge in [-0.1, -0.05) is 32.9 Å². The minimum absolute atomic E-state index is 0.285. The number of ether oxygens (including phenoxy) is 1. The highest BCUT2D eigenvalue weighted by atomic mass is 16.5. The van der Waals surface area contributed by atoms with Gasteiger partial charge in [-0.25, -0.2) is 0 Å². The molecule has 1 aromatic carbocycles. The van der Waals surface area contributed by atoms with Crippen LogP contribution in [0, 0.1) is 5.92 Å². The monoisotopic (exact) mass is 249 g/mol. The van der Waals surface area contributed by atoms with Gasteiger partial charge in [0.15, 0.2) is 0 Å². The minimum atomic E-state index is 0.285. The summed E-state index contributed by atoms with van der Waals surface area (Å²) in [5, 5.41) is 3.53. The van der Waals surface area contributed by atoms with Crippen LogP contribution >= 0.6 is 0 Å². The fourth-order valence-corrected chi connectivity index (χ4v) is 1.68. The Bertz CT molecular complexity index is 331. The molecular weight excluding hydrogens is 222 g/mol. The van der Waals surface area contributed by atoms with Crippen LogP contribution in [0.15, 0.2) is 24.3 Å². The molecule has 0 aromatic heterocycles. The molecule has 0 radical (unpaired) electrons. The smallest absolute Gasteiger partial charge is 0.119 e. The first-order valence-electron chi connectivity index (χ1n) is 7.03. The molecule has 102 valence electrons. The van der Waals surface area contributed by atoms with Gasteiger partial charge < -0.3 is 10.1 Å². The van der Waals surface area contributed by atoms with Gasteiger partial charge >= 0.3 is 0 Å². The van der Waals surface area contributed by atoms with Crippen LogP contribution in [0.1, 0.15) is 52.6 Å². The van der Waals surface area contributed by atoms with Gasteiger partial charge in [-0.15, -0.1) is 0 Å². The second-order valence-corrected chi connectivity index (χ2v) is 5.43. The van der Waals surface area contributed by atoms with E-state index in [1.165, 1.54) is 5.56 Å². The first kappa shape index (κ1) is 15.0. The summed E-state index contributed by atoms with van der Waals surface area (Å²) in [6, 6.07) is 8.82. The van der Waals surface area contributed by atoms with E-state index in [4.69, 9.17) is 4.74 Å². The summed E-state index contributed by atoms with van der Waals surface area (Å²) in [7, 11) is 0. The Morgan fingerprint density at radius 1 is 1.06 bits per heavy atom. The zero-order valence-electron chi connectivity index (χ0n) is 12.4. The van der Waals surface area contributed by atoms with Gasteiger partial charge in [0.2, 0.25) is 0 Å². The Hall–Kier alpha value is -1.02. The summed E-state index contributed by atoms with van der Waals surface area (Å²) in [4.78, 5) is 0. The molecule has 0 amide bonds. The standard InChI is InChI=1S/C16H27NO/c1-6-13(4)18-16-9-7-15(8-10-16)14(5)17-11-12(2)3/h7-10,12-14,17H,6,11H2,1-5H3/t13-,14+/m1/s1. The lowest BCUT2D eigenvalue weighted by molar-refractivity contribution is 0.217. The van der Waals surface area contributed by atoms with Gasteiger partial charge in [-0.3, -0.25) is 0 Å². The molecule has 0 saturated carbocycles. The highest BCUT2D eigenvalue weighted by Crippen LogP contribution is 2.19. The topological polar surface area (TPSA) is 21.3 Å². The Balaban J connectivity index is 2.53. The molecule has 0 saturated heterocycles. The third kappa shape index (κ3) is 5.09. The van der Waals surface area contributed by atoms with Crippen molar-refractivity contribution in [2.24, 2.45) is 5.92 Å². The van der Waals surface area contributed by atoms with E-state index in [1.54, 1.807) is 0 Å². The number of hydrogen-bond acceptors (Lipinski definition) is 2. The van der Waals surface area contributed by atoms with Crippen LogP contribution in [0.5, 0.6) is 5.75 Å². The first-order valence-corrected chi connectivity index (χ1v) is 7.03. The summed E-state index contributed by atoms with van der Waals surface area (Å²) in [5.74, 6) is 1.64. The van der Waals surface area contributed by atoms with E-state index in [0.717, 1.165) is 18.7 Å². The van der Waals surface area contributed by atoms with Crippen LogP contribution in [0.3, 0.4) is 0 Å². The van der Waals surface area contributed by atoms with E-state index >= 15 is 0 Å². The van der Waals surface area contributed by atoms with Crippen molar-refractivity contribution < 1.29 is 4.74 Å². The molecule has 1 N–H and O–H groups in total. The molecule has 0 aliphatic heterocycles. The van der Waals surface area contributed by atoms with Crippen molar-refractivity contribution >= 4 is 0 Å². The van der Waals surface area contributed by atoms with E-state index in [0.29, 0.717) is 12.0 Å². The van der Waals surface area contributed by atoms with Crippen molar-refractivity contribution in [3.8, 4) is 5.75 Å². The normalized spacial score (nSPS) is 14.6. The maximum absolute atomic E-state index is 5.78. The second kappa shape index (κ2) is 7.42. The molecule has 0 heterocycles. The SMILES string of the molecule is CC[C@@H](C)Oc1ccc([C@H](C)NCC(C)C)cc1. The summed E-state index contributed by atoms with van der Waals surface area (Å²) in [6.07, 6.45) is 1.32. The van der Waals surface area contributed by atoms with Gasteiger partial charge in [-0.2, -0.15) is 0 Å². The Kier molecular flexibility index (Phi) is 6.20. The molecule has 18 heavy (non-hydrogen) atoms. The first-order chi connectivity index (χ1) is 8.52. The molecule has 2 atom stereocenters. The number of hydrogen-bond donors (Lipinski definition) is 1. The predicted octanol–water partition coefficient (Wildman–Crippen LogP) is 4.17. The lowest BCUT2D eigenvalue weighted by atomic mass is 10.1. The average Bonchev–Trinajstić information content (AvgIpc) is 2.36. The summed E-state index contributed by atoms with van der Waals surface area (Å²) in [6.45, 7) is 11.9. The van der Waals surface area contributed by atoms with Crippen LogP contribution < -0.4 is 10.1 Å². The molecule has 2 heteroatoms. The molecule has 1 aromatic rings. The Labute approximate surface area is 112 Å². The fraction of sp³-hybridized carbons (Fsp3) is 0.625. The number of benzene rings is 1. The Morgan fingerprint density at radius 2 is 1.67 bits per heavy atom. The second-order valence-electron chi connectivity index (χ2n) is 5.43. The van der Waals surface area contributed by atoms with Gasteiger partial charge in [0.05, 0.1) is 6.10 Å². The molecule has 0 aliphatic carbocycles. The number of nitrogens with one attached hydrogen (secondary N) is 1. The van der Waals surface area contributed by atoms with E-state index < -0.39 is 0 Å². The maximum atomic E-state index is 5.78. The van der Waals surface area contributed by atoms with Crippen LogP contribution in [-0.2, 0) is 0 Å². The Morgan fingerprint density at radius 3 is 2.17 bits per heavy atom. The lowest BCUT2D eigenvalue weighted by Crippen LogP contribution is -2.23. The van der Waals surface area contributed by atoms with Crippen molar-refractivity contribution in [3.63, 3.8) is 0 Å². The molecule has 0 aliphatic rings. The van der Waals surface area contributed by atoms with Crippen molar-refractivity contribution in [1.29, 1.82) is 0 Å². The molecule has 0 bridgehead atoms. The van der Waals surface area contributed by atoms with E-state index in [9.17, 15) is 0 Å². The quantitative estimate of drug-likeness (QED) is 0.783. The molecule has 2 nitrogen and oxygen atoms in total. The zero-order valence-corrected chi connectivity index (χ0v) is 12.4. The van der Waals surface area contributed by atoms with Gasteiger partial charge in [0, 0.05) is 6.04 Å². The van der Waals surface area contributed by atoms with Gasteiger partial charge in [0.1, 0.15) is 5.75 Å². The molecule has 1 rings (SSSR count). The molecule has 0 fully saturated rings. The lowest BCUT2D eigenvalue weighted by Gasteiger charge is -2.17.